The lowest BCUT2D eigenvalue weighted by atomic mass is 10.2. The van der Waals surface area contributed by atoms with Gasteiger partial charge in [0.1, 0.15) is 5.75 Å². The second kappa shape index (κ2) is 5.45. The number of nitro groups is 1. The van der Waals surface area contributed by atoms with Crippen LogP contribution in [0, 0.1) is 15.9 Å². The van der Waals surface area contributed by atoms with Gasteiger partial charge in [0.15, 0.2) is 11.6 Å². The van der Waals surface area contributed by atoms with E-state index in [1.165, 1.54) is 12.1 Å². The molecular weight excluding hydrogens is 251 g/mol. The van der Waals surface area contributed by atoms with Gasteiger partial charge in [-0.25, -0.2) is 4.39 Å². The summed E-state index contributed by atoms with van der Waals surface area (Å²) in [6.07, 6.45) is 0. The molecule has 0 aromatic heterocycles. The van der Waals surface area contributed by atoms with Crippen LogP contribution in [0.4, 0.5) is 10.1 Å². The van der Waals surface area contributed by atoms with Gasteiger partial charge in [-0.3, -0.25) is 10.1 Å². The molecule has 5 nitrogen and oxygen atoms in total. The van der Waals surface area contributed by atoms with E-state index in [-0.39, 0.29) is 11.4 Å². The topological polar surface area (TPSA) is 78.4 Å². The number of hydrogen-bond donors (Lipinski definition) is 1. The van der Waals surface area contributed by atoms with Gasteiger partial charge in [-0.05, 0) is 23.8 Å². The summed E-state index contributed by atoms with van der Waals surface area (Å²) in [7, 11) is 0. The maximum Gasteiger partial charge on any atom is 0.272 e. The zero-order valence-corrected chi connectivity index (χ0v) is 9.88. The van der Waals surface area contributed by atoms with Gasteiger partial charge >= 0.3 is 0 Å². The number of nitro benzene ring substituents is 1. The Labute approximate surface area is 108 Å². The van der Waals surface area contributed by atoms with E-state index in [2.05, 4.69) is 0 Å². The molecule has 0 spiro atoms. The number of nitrogens with two attached hydrogens (primary N) is 1. The monoisotopic (exact) mass is 262 g/mol. The molecule has 2 rings (SSSR count). The van der Waals surface area contributed by atoms with E-state index in [0.29, 0.717) is 12.3 Å². The van der Waals surface area contributed by atoms with Crippen LogP contribution in [0.1, 0.15) is 5.56 Å². The van der Waals surface area contributed by atoms with E-state index in [4.69, 9.17) is 10.5 Å². The number of nitrogens with zero attached hydrogens (tertiary/aromatic N) is 1. The van der Waals surface area contributed by atoms with E-state index in [1.54, 1.807) is 18.2 Å². The number of halogens is 1. The fourth-order valence-corrected chi connectivity index (χ4v) is 1.55. The standard InChI is InChI=1S/C13H11FN2O3/c14-12-7-10(16(17)18)4-5-13(12)19-11-3-1-2-9(6-11)8-15/h1-7H,8,15H2. The Hall–Kier alpha value is -2.47. The number of non-ortho nitro benzene ring substituents is 1. The Bertz CT molecular complexity index is 617. The first-order valence-electron chi connectivity index (χ1n) is 5.51. The van der Waals surface area contributed by atoms with Crippen molar-refractivity contribution in [3.63, 3.8) is 0 Å². The molecule has 0 unspecified atom stereocenters. The van der Waals surface area contributed by atoms with Gasteiger partial charge in [0.25, 0.3) is 5.69 Å². The van der Waals surface area contributed by atoms with E-state index in [9.17, 15) is 14.5 Å². The van der Waals surface area contributed by atoms with Gasteiger partial charge in [-0.1, -0.05) is 12.1 Å². The second-order valence-corrected chi connectivity index (χ2v) is 3.83. The first-order valence-corrected chi connectivity index (χ1v) is 5.51. The molecule has 19 heavy (non-hydrogen) atoms. The van der Waals surface area contributed by atoms with E-state index in [1.807, 2.05) is 6.07 Å². The fourth-order valence-electron chi connectivity index (χ4n) is 1.55. The number of ether oxygens (including phenoxy) is 1. The fraction of sp³-hybridized carbons (Fsp3) is 0.0769. The summed E-state index contributed by atoms with van der Waals surface area (Å²) in [4.78, 5) is 9.83. The van der Waals surface area contributed by atoms with Crippen LogP contribution in [0.15, 0.2) is 42.5 Å². The van der Waals surface area contributed by atoms with Crippen LogP contribution in [-0.4, -0.2) is 4.92 Å². The molecule has 0 fully saturated rings. The maximum atomic E-state index is 13.6. The quantitative estimate of drug-likeness (QED) is 0.678. The van der Waals surface area contributed by atoms with Crippen LogP contribution in [0.3, 0.4) is 0 Å². The van der Waals surface area contributed by atoms with Crippen molar-refractivity contribution in [2.24, 2.45) is 5.73 Å². The van der Waals surface area contributed by atoms with Crippen molar-refractivity contribution in [3.8, 4) is 11.5 Å². The molecule has 2 aromatic rings. The van der Waals surface area contributed by atoms with Gasteiger partial charge < -0.3 is 10.5 Å². The van der Waals surface area contributed by atoms with Crippen LogP contribution >= 0.6 is 0 Å². The first-order chi connectivity index (χ1) is 9.10. The average Bonchev–Trinajstić information content (AvgIpc) is 2.41. The predicted octanol–water partition coefficient (Wildman–Crippen LogP) is 2.98. The summed E-state index contributed by atoms with van der Waals surface area (Å²) in [6.45, 7) is 0.347. The Morgan fingerprint density at radius 3 is 2.68 bits per heavy atom. The third kappa shape index (κ3) is 3.05. The van der Waals surface area contributed by atoms with Crippen LogP contribution in [0.2, 0.25) is 0 Å². The van der Waals surface area contributed by atoms with Crippen molar-refractivity contribution in [2.45, 2.75) is 6.54 Å². The molecule has 98 valence electrons. The molecule has 0 aliphatic carbocycles. The lowest BCUT2D eigenvalue weighted by Crippen LogP contribution is -1.97. The summed E-state index contributed by atoms with van der Waals surface area (Å²) in [6, 6.07) is 10.1. The molecule has 0 saturated heterocycles. The van der Waals surface area contributed by atoms with Gasteiger partial charge in [0.2, 0.25) is 0 Å². The summed E-state index contributed by atoms with van der Waals surface area (Å²) in [5, 5.41) is 10.5. The molecule has 0 aliphatic rings. The number of rotatable bonds is 4. The third-order valence-electron chi connectivity index (χ3n) is 2.49. The largest absolute Gasteiger partial charge is 0.454 e. The van der Waals surface area contributed by atoms with Crippen molar-refractivity contribution in [2.75, 3.05) is 0 Å². The molecular formula is C13H11FN2O3. The molecule has 0 amide bonds. The van der Waals surface area contributed by atoms with Crippen molar-refractivity contribution in [3.05, 3.63) is 64.0 Å². The Morgan fingerprint density at radius 1 is 1.26 bits per heavy atom. The van der Waals surface area contributed by atoms with Crippen LogP contribution < -0.4 is 10.5 Å². The predicted molar refractivity (Wildman–Crippen MR) is 67.5 cm³/mol. The zero-order chi connectivity index (χ0) is 13.8. The highest BCUT2D eigenvalue weighted by molar-refractivity contribution is 5.40. The number of hydrogen-bond acceptors (Lipinski definition) is 4. The molecule has 0 bridgehead atoms. The number of benzene rings is 2. The minimum atomic E-state index is -0.785. The average molecular weight is 262 g/mol. The highest BCUT2D eigenvalue weighted by Crippen LogP contribution is 2.27. The van der Waals surface area contributed by atoms with Crippen molar-refractivity contribution >= 4 is 5.69 Å². The lowest BCUT2D eigenvalue weighted by molar-refractivity contribution is -0.385. The van der Waals surface area contributed by atoms with Gasteiger partial charge in [0.05, 0.1) is 11.0 Å². The van der Waals surface area contributed by atoms with Crippen LogP contribution in [0.25, 0.3) is 0 Å². The van der Waals surface area contributed by atoms with Crippen LogP contribution in [-0.2, 0) is 6.54 Å². The molecule has 2 aromatic carbocycles. The molecule has 6 heteroatoms. The second-order valence-electron chi connectivity index (χ2n) is 3.83. The smallest absolute Gasteiger partial charge is 0.272 e. The molecule has 0 saturated carbocycles. The summed E-state index contributed by atoms with van der Waals surface area (Å²) < 4.78 is 19.0. The SMILES string of the molecule is NCc1cccc(Oc2ccc([N+](=O)[O-])cc2F)c1. The van der Waals surface area contributed by atoms with Gasteiger partial charge in [-0.2, -0.15) is 0 Å². The maximum absolute atomic E-state index is 13.6. The van der Waals surface area contributed by atoms with Crippen molar-refractivity contribution in [1.29, 1.82) is 0 Å². The summed E-state index contributed by atoms with van der Waals surface area (Å²) in [5.41, 5.74) is 6.02. The van der Waals surface area contributed by atoms with Crippen LogP contribution in [0.5, 0.6) is 11.5 Å². The van der Waals surface area contributed by atoms with E-state index < -0.39 is 10.7 Å². The summed E-state index contributed by atoms with van der Waals surface area (Å²) in [5.74, 6) is -0.428. The highest BCUT2D eigenvalue weighted by Gasteiger charge is 2.12. The molecule has 0 atom stereocenters. The van der Waals surface area contributed by atoms with Gasteiger partial charge in [0, 0.05) is 12.6 Å². The highest BCUT2D eigenvalue weighted by atomic mass is 19.1. The minimum absolute atomic E-state index is 0.0697. The molecule has 0 radical (unpaired) electrons. The Morgan fingerprint density at radius 2 is 2.05 bits per heavy atom. The molecule has 2 N–H and O–H groups in total. The Balaban J connectivity index is 2.25. The van der Waals surface area contributed by atoms with E-state index >= 15 is 0 Å². The normalized spacial score (nSPS) is 10.2. The molecule has 0 heterocycles. The first kappa shape index (κ1) is 13.0. The Kier molecular flexibility index (Phi) is 3.72. The zero-order valence-electron chi connectivity index (χ0n) is 9.88. The van der Waals surface area contributed by atoms with E-state index in [0.717, 1.165) is 11.6 Å². The van der Waals surface area contributed by atoms with Crippen molar-refractivity contribution < 1.29 is 14.1 Å². The van der Waals surface area contributed by atoms with Gasteiger partial charge in [-0.15, -0.1) is 0 Å². The third-order valence-corrected chi connectivity index (χ3v) is 2.49. The molecule has 0 aliphatic heterocycles. The lowest BCUT2D eigenvalue weighted by Gasteiger charge is -2.07. The summed E-state index contributed by atoms with van der Waals surface area (Å²) >= 11 is 0. The van der Waals surface area contributed by atoms with Crippen molar-refractivity contribution in [1.82, 2.24) is 0 Å². The minimum Gasteiger partial charge on any atom is -0.454 e.